The summed E-state index contributed by atoms with van der Waals surface area (Å²) in [5, 5.41) is -2.12. The van der Waals surface area contributed by atoms with Crippen molar-refractivity contribution in [2.45, 2.75) is 11.5 Å². The van der Waals surface area contributed by atoms with E-state index in [9.17, 15) is 17.6 Å². The summed E-state index contributed by atoms with van der Waals surface area (Å²) in [6, 6.07) is 0. The number of hydrogen-bond acceptors (Lipinski definition) is 0. The molecule has 0 N–H and O–H groups in total. The highest BCUT2D eigenvalue weighted by Crippen LogP contribution is 2.16. The summed E-state index contributed by atoms with van der Waals surface area (Å²) < 4.78 is 45.6. The molecule has 0 saturated heterocycles. The van der Waals surface area contributed by atoms with E-state index in [1.165, 1.54) is 0 Å². The van der Waals surface area contributed by atoms with Crippen LogP contribution in [0, 0.1) is 0 Å². The molecule has 0 bridgehead atoms. The van der Waals surface area contributed by atoms with Gasteiger partial charge in [-0.05, 0) is 15.9 Å². The summed E-state index contributed by atoms with van der Waals surface area (Å²) in [4.78, 5) is 0. The van der Waals surface area contributed by atoms with Crippen LogP contribution >= 0.6 is 15.9 Å². The Morgan fingerprint density at radius 3 is 1.89 bits per heavy atom. The molecule has 54 valence electrons. The average molecular weight is 207 g/mol. The third-order valence-electron chi connectivity index (χ3n) is 0.494. The number of allylic oxidation sites excluding steroid dienone is 2. The number of hydrogen-bond donors (Lipinski definition) is 0. The maximum atomic E-state index is 11.7. The molecule has 0 aromatic rings. The molecule has 0 heterocycles. The van der Waals surface area contributed by atoms with Gasteiger partial charge >= 0.3 is 0 Å². The zero-order valence-electron chi connectivity index (χ0n) is 4.12. The Hall–Kier alpha value is -0.0600. The second-order valence-electron chi connectivity index (χ2n) is 1.19. The quantitative estimate of drug-likeness (QED) is 0.482. The predicted molar refractivity (Wildman–Crippen MR) is 29.0 cm³/mol. The fraction of sp³-hybridized carbons (Fsp3) is 0.500. The van der Waals surface area contributed by atoms with Crippen LogP contribution in [0.25, 0.3) is 0 Å². The molecule has 0 nitrogen and oxygen atoms in total. The summed E-state index contributed by atoms with van der Waals surface area (Å²) in [5.41, 5.74) is 0. The van der Waals surface area contributed by atoms with Crippen molar-refractivity contribution in [3.8, 4) is 0 Å². The first kappa shape index (κ1) is 8.94. The Morgan fingerprint density at radius 2 is 1.78 bits per heavy atom. The van der Waals surface area contributed by atoms with E-state index in [0.29, 0.717) is 0 Å². The third kappa shape index (κ3) is 4.44. The lowest BCUT2D eigenvalue weighted by Crippen LogP contribution is -1.91. The molecule has 0 saturated carbocycles. The minimum Gasteiger partial charge on any atom is -0.227 e. The Morgan fingerprint density at radius 1 is 1.33 bits per heavy atom. The second kappa shape index (κ2) is 3.87. The van der Waals surface area contributed by atoms with Gasteiger partial charge in [0.1, 0.15) is 5.83 Å². The van der Waals surface area contributed by atoms with Crippen LogP contribution in [0.1, 0.15) is 0 Å². The maximum absolute atomic E-state index is 11.7. The zero-order valence-corrected chi connectivity index (χ0v) is 5.71. The van der Waals surface area contributed by atoms with Gasteiger partial charge in [-0.15, -0.1) is 0 Å². The first-order valence-electron chi connectivity index (χ1n) is 1.97. The fourth-order valence-corrected chi connectivity index (χ4v) is 0.346. The van der Waals surface area contributed by atoms with E-state index in [4.69, 9.17) is 0 Å². The number of rotatable bonds is 2. The molecule has 0 aliphatic heterocycles. The topological polar surface area (TPSA) is 0 Å². The predicted octanol–water partition coefficient (Wildman–Crippen LogP) is 2.80. The van der Waals surface area contributed by atoms with Gasteiger partial charge in [0.05, 0.1) is 0 Å². The average Bonchev–Trinajstić information content (AvgIpc) is 1.63. The third-order valence-corrected chi connectivity index (χ3v) is 0.931. The van der Waals surface area contributed by atoms with Gasteiger partial charge < -0.3 is 0 Å². The van der Waals surface area contributed by atoms with E-state index in [-0.39, 0.29) is 6.08 Å². The molecular weight excluding hydrogens is 204 g/mol. The first-order chi connectivity index (χ1) is 4.04. The number of halogens is 5. The Labute approximate surface area is 57.7 Å². The summed E-state index contributed by atoms with van der Waals surface area (Å²) in [6.07, 6.45) is -3.04. The lowest BCUT2D eigenvalue weighted by atomic mass is 10.5. The normalized spacial score (nSPS) is 16.4. The molecular formula is C4H3BrF4. The molecule has 0 spiro atoms. The molecule has 0 amide bonds. The molecule has 0 aromatic heterocycles. The monoisotopic (exact) mass is 206 g/mol. The SMILES string of the molecule is F/C(=C\C(F)F)C(F)Br. The highest BCUT2D eigenvalue weighted by atomic mass is 79.9. The van der Waals surface area contributed by atoms with Gasteiger partial charge in [-0.25, -0.2) is 17.6 Å². The fourth-order valence-electron chi connectivity index (χ4n) is 0.193. The van der Waals surface area contributed by atoms with Crippen LogP contribution in [0.4, 0.5) is 17.6 Å². The van der Waals surface area contributed by atoms with E-state index < -0.39 is 17.3 Å². The van der Waals surface area contributed by atoms with Crippen molar-refractivity contribution >= 4 is 15.9 Å². The van der Waals surface area contributed by atoms with Crippen molar-refractivity contribution in [1.82, 2.24) is 0 Å². The van der Waals surface area contributed by atoms with Gasteiger partial charge in [0.2, 0.25) is 5.08 Å². The molecule has 1 atom stereocenters. The Kier molecular flexibility index (Phi) is 3.84. The summed E-state index contributed by atoms with van der Waals surface area (Å²) in [6.45, 7) is 0. The van der Waals surface area contributed by atoms with Crippen LogP contribution in [0.2, 0.25) is 0 Å². The molecule has 0 aliphatic carbocycles. The van der Waals surface area contributed by atoms with Crippen LogP contribution in [0.15, 0.2) is 11.9 Å². The Bertz CT molecular complexity index is 109. The van der Waals surface area contributed by atoms with E-state index in [1.807, 2.05) is 0 Å². The van der Waals surface area contributed by atoms with E-state index in [1.54, 1.807) is 0 Å². The smallest absolute Gasteiger partial charge is 0.227 e. The van der Waals surface area contributed by atoms with E-state index >= 15 is 0 Å². The molecule has 0 fully saturated rings. The molecule has 0 rings (SSSR count). The number of alkyl halides is 4. The van der Waals surface area contributed by atoms with Gasteiger partial charge in [0.15, 0.2) is 0 Å². The van der Waals surface area contributed by atoms with Crippen molar-refractivity contribution in [3.63, 3.8) is 0 Å². The van der Waals surface area contributed by atoms with Gasteiger partial charge in [0, 0.05) is 6.08 Å². The zero-order chi connectivity index (χ0) is 7.44. The van der Waals surface area contributed by atoms with Crippen LogP contribution in [-0.4, -0.2) is 11.5 Å². The van der Waals surface area contributed by atoms with E-state index in [2.05, 4.69) is 15.9 Å². The molecule has 1 unspecified atom stereocenters. The van der Waals surface area contributed by atoms with Crippen LogP contribution < -0.4 is 0 Å². The van der Waals surface area contributed by atoms with Crippen LogP contribution in [0.3, 0.4) is 0 Å². The van der Waals surface area contributed by atoms with Gasteiger partial charge in [-0.3, -0.25) is 0 Å². The minimum absolute atomic E-state index is 0.0978. The lowest BCUT2D eigenvalue weighted by Gasteiger charge is -1.93. The molecule has 9 heavy (non-hydrogen) atoms. The lowest BCUT2D eigenvalue weighted by molar-refractivity contribution is 0.199. The minimum atomic E-state index is -2.94. The summed E-state index contributed by atoms with van der Waals surface area (Å²) >= 11 is 2.12. The molecule has 0 aliphatic rings. The Balaban J connectivity index is 3.84. The highest BCUT2D eigenvalue weighted by Gasteiger charge is 2.09. The standard InChI is InChI=1S/C4H3BrF4/c5-4(9)2(6)1-3(7)8/h1,3-4H/b2-1-. The van der Waals surface area contributed by atoms with E-state index in [0.717, 1.165) is 0 Å². The summed E-state index contributed by atoms with van der Waals surface area (Å²) in [7, 11) is 0. The van der Waals surface area contributed by atoms with Gasteiger partial charge in [0.25, 0.3) is 6.43 Å². The maximum Gasteiger partial charge on any atom is 0.259 e. The van der Waals surface area contributed by atoms with Crippen LogP contribution in [-0.2, 0) is 0 Å². The van der Waals surface area contributed by atoms with Crippen molar-refractivity contribution in [3.05, 3.63) is 11.9 Å². The van der Waals surface area contributed by atoms with Crippen molar-refractivity contribution in [2.75, 3.05) is 0 Å². The van der Waals surface area contributed by atoms with Gasteiger partial charge in [-0.2, -0.15) is 0 Å². The first-order valence-corrected chi connectivity index (χ1v) is 2.89. The van der Waals surface area contributed by atoms with Gasteiger partial charge in [-0.1, -0.05) is 0 Å². The highest BCUT2D eigenvalue weighted by molar-refractivity contribution is 9.09. The molecule has 0 radical (unpaired) electrons. The van der Waals surface area contributed by atoms with Crippen molar-refractivity contribution in [1.29, 1.82) is 0 Å². The molecule has 5 heteroatoms. The second-order valence-corrected chi connectivity index (χ2v) is 1.99. The van der Waals surface area contributed by atoms with Crippen molar-refractivity contribution in [2.24, 2.45) is 0 Å². The van der Waals surface area contributed by atoms with Crippen LogP contribution in [0.5, 0.6) is 0 Å². The molecule has 0 aromatic carbocycles. The summed E-state index contributed by atoms with van der Waals surface area (Å²) in [5.74, 6) is -1.50. The largest absolute Gasteiger partial charge is 0.259 e. The van der Waals surface area contributed by atoms with Crippen molar-refractivity contribution < 1.29 is 17.6 Å².